The monoisotopic (exact) mass is 538 g/mol. The van der Waals surface area contributed by atoms with Gasteiger partial charge in [0.05, 0.1) is 41.3 Å². The molecule has 4 rings (SSSR count). The number of nitrogens with zero attached hydrogens (tertiary/aromatic N) is 4. The normalized spacial score (nSPS) is 12.3. The topological polar surface area (TPSA) is 88.2 Å². The van der Waals surface area contributed by atoms with Crippen LogP contribution in [-0.2, 0) is 11.0 Å². The maximum atomic E-state index is 13.2. The van der Waals surface area contributed by atoms with Crippen LogP contribution in [0.15, 0.2) is 53.7 Å². The molecule has 2 heterocycles. The summed E-state index contributed by atoms with van der Waals surface area (Å²) in [6, 6.07) is 6.66. The van der Waals surface area contributed by atoms with Crippen LogP contribution in [0.1, 0.15) is 22.6 Å². The molecule has 0 aliphatic rings. The van der Waals surface area contributed by atoms with Gasteiger partial charge < -0.3 is 14.1 Å². The van der Waals surface area contributed by atoms with Gasteiger partial charge in [0.15, 0.2) is 5.82 Å². The fourth-order valence-corrected chi connectivity index (χ4v) is 3.43. The number of aryl methyl sites for hydroxylation is 1. The molecule has 38 heavy (non-hydrogen) atoms. The zero-order valence-electron chi connectivity index (χ0n) is 19.5. The number of alkyl halides is 6. The standard InChI is InChI=1S/C24H16F6N4O4/c1-13-11-33(12-31-13)18-7-3-14(9-19(18)37-2)4-8-20-32-17-10-15(23(25,26)27)5-6-16(17)21(35)34(20)38-22(36)24(28,29)30/h3-12H,1-2H3/b8-4+. The number of methoxy groups -OCH3 is 1. The zero-order chi connectivity index (χ0) is 27.8. The molecule has 0 N–H and O–H groups in total. The predicted molar refractivity (Wildman–Crippen MR) is 122 cm³/mol. The van der Waals surface area contributed by atoms with E-state index in [4.69, 9.17) is 4.74 Å². The van der Waals surface area contributed by atoms with Crippen molar-refractivity contribution in [3.63, 3.8) is 0 Å². The van der Waals surface area contributed by atoms with E-state index >= 15 is 0 Å². The van der Waals surface area contributed by atoms with E-state index < -0.39 is 46.2 Å². The van der Waals surface area contributed by atoms with Crippen LogP contribution in [0, 0.1) is 6.92 Å². The van der Waals surface area contributed by atoms with E-state index in [1.54, 1.807) is 42.2 Å². The lowest BCUT2D eigenvalue weighted by Gasteiger charge is -2.13. The first-order valence-corrected chi connectivity index (χ1v) is 10.6. The van der Waals surface area contributed by atoms with E-state index in [-0.39, 0.29) is 4.73 Å². The van der Waals surface area contributed by atoms with Gasteiger partial charge in [0.2, 0.25) is 0 Å². The van der Waals surface area contributed by atoms with E-state index in [1.165, 1.54) is 13.2 Å². The summed E-state index contributed by atoms with van der Waals surface area (Å²) >= 11 is 0. The van der Waals surface area contributed by atoms with Gasteiger partial charge in [0, 0.05) is 6.20 Å². The Morgan fingerprint density at radius 3 is 2.37 bits per heavy atom. The summed E-state index contributed by atoms with van der Waals surface area (Å²) in [4.78, 5) is 36.5. The van der Waals surface area contributed by atoms with Crippen LogP contribution in [0.2, 0.25) is 0 Å². The third-order valence-corrected chi connectivity index (χ3v) is 5.21. The average Bonchev–Trinajstić information content (AvgIpc) is 3.28. The number of imidazole rings is 1. The van der Waals surface area contributed by atoms with E-state index in [0.29, 0.717) is 29.1 Å². The van der Waals surface area contributed by atoms with Crippen LogP contribution in [0.3, 0.4) is 0 Å². The van der Waals surface area contributed by atoms with Crippen molar-refractivity contribution in [3.8, 4) is 11.4 Å². The average molecular weight is 538 g/mol. The Morgan fingerprint density at radius 1 is 1.03 bits per heavy atom. The van der Waals surface area contributed by atoms with Crippen molar-refractivity contribution < 1.29 is 40.7 Å². The highest BCUT2D eigenvalue weighted by Crippen LogP contribution is 2.31. The van der Waals surface area contributed by atoms with E-state index in [9.17, 15) is 35.9 Å². The second-order valence-electron chi connectivity index (χ2n) is 7.86. The molecule has 4 aromatic rings. The van der Waals surface area contributed by atoms with Crippen molar-refractivity contribution in [2.24, 2.45) is 0 Å². The summed E-state index contributed by atoms with van der Waals surface area (Å²) in [6.45, 7) is 1.79. The van der Waals surface area contributed by atoms with Crippen LogP contribution in [0.4, 0.5) is 26.3 Å². The first-order chi connectivity index (χ1) is 17.8. The largest absolute Gasteiger partial charge is 0.495 e. The SMILES string of the molecule is COc1cc(/C=C/c2nc3cc(C(F)(F)F)ccc3c(=O)n2OC(=O)C(F)(F)F)ccc1-n1cnc(C)c1. The number of ether oxygens (including phenoxy) is 1. The van der Waals surface area contributed by atoms with Crippen molar-refractivity contribution in [2.75, 3.05) is 7.11 Å². The van der Waals surface area contributed by atoms with E-state index in [1.807, 2.05) is 0 Å². The molecule has 0 saturated heterocycles. The number of carbonyl (C=O) groups excluding carboxylic acids is 1. The fraction of sp³-hybridized carbons (Fsp3) is 0.167. The van der Waals surface area contributed by atoms with Crippen LogP contribution >= 0.6 is 0 Å². The number of rotatable bonds is 5. The molecule has 14 heteroatoms. The van der Waals surface area contributed by atoms with Gasteiger partial charge in [-0.2, -0.15) is 26.3 Å². The van der Waals surface area contributed by atoms with Gasteiger partial charge in [0.25, 0.3) is 5.56 Å². The molecule has 0 amide bonds. The van der Waals surface area contributed by atoms with Gasteiger partial charge in [0.1, 0.15) is 5.75 Å². The molecule has 0 saturated carbocycles. The Balaban J connectivity index is 1.82. The second kappa shape index (κ2) is 9.68. The maximum absolute atomic E-state index is 13.2. The number of hydrogen-bond acceptors (Lipinski definition) is 6. The van der Waals surface area contributed by atoms with Gasteiger partial charge in [-0.3, -0.25) is 4.79 Å². The fourth-order valence-electron chi connectivity index (χ4n) is 3.43. The summed E-state index contributed by atoms with van der Waals surface area (Å²) in [5.74, 6) is -3.00. The minimum absolute atomic E-state index is 0.0260. The minimum atomic E-state index is -5.45. The molecular formula is C24H16F6N4O4. The summed E-state index contributed by atoms with van der Waals surface area (Å²) in [5, 5.41) is -0.494. The number of aromatic nitrogens is 4. The lowest BCUT2D eigenvalue weighted by molar-refractivity contribution is -0.200. The highest BCUT2D eigenvalue weighted by Gasteiger charge is 2.42. The van der Waals surface area contributed by atoms with E-state index in [0.717, 1.165) is 17.8 Å². The van der Waals surface area contributed by atoms with Gasteiger partial charge in [-0.05, 0) is 48.9 Å². The Morgan fingerprint density at radius 2 is 1.76 bits per heavy atom. The van der Waals surface area contributed by atoms with Crippen molar-refractivity contribution in [3.05, 3.63) is 81.9 Å². The molecule has 2 aromatic carbocycles. The smallest absolute Gasteiger partial charge is 0.493 e. The molecular weight excluding hydrogens is 522 g/mol. The number of carbonyl (C=O) groups is 1. The molecule has 0 spiro atoms. The van der Waals surface area contributed by atoms with Crippen LogP contribution in [0.5, 0.6) is 5.75 Å². The summed E-state index contributed by atoms with van der Waals surface area (Å²) in [7, 11) is 1.41. The Labute approximate surface area is 209 Å². The number of halogens is 6. The van der Waals surface area contributed by atoms with Crippen LogP contribution in [0.25, 0.3) is 28.7 Å². The maximum Gasteiger partial charge on any atom is 0.493 e. The quantitative estimate of drug-likeness (QED) is 0.345. The first kappa shape index (κ1) is 26.4. The van der Waals surface area contributed by atoms with Gasteiger partial charge in [-0.25, -0.2) is 14.8 Å². The molecule has 2 aromatic heterocycles. The van der Waals surface area contributed by atoms with Crippen molar-refractivity contribution >= 4 is 29.0 Å². The van der Waals surface area contributed by atoms with Gasteiger partial charge in [-0.15, -0.1) is 4.73 Å². The summed E-state index contributed by atoms with van der Waals surface area (Å²) < 4.78 is 85.0. The lowest BCUT2D eigenvalue weighted by Crippen LogP contribution is -2.39. The molecule has 0 aliphatic heterocycles. The Bertz CT molecular complexity index is 1620. The van der Waals surface area contributed by atoms with Gasteiger partial charge in [-0.1, -0.05) is 12.1 Å². The molecule has 0 aliphatic carbocycles. The van der Waals surface area contributed by atoms with Crippen molar-refractivity contribution in [2.45, 2.75) is 19.3 Å². The van der Waals surface area contributed by atoms with Crippen LogP contribution < -0.4 is 15.1 Å². The molecule has 0 fully saturated rings. The minimum Gasteiger partial charge on any atom is -0.495 e. The lowest BCUT2D eigenvalue weighted by atomic mass is 10.1. The number of benzene rings is 2. The highest BCUT2D eigenvalue weighted by atomic mass is 19.4. The second-order valence-corrected chi connectivity index (χ2v) is 7.86. The molecule has 8 nitrogen and oxygen atoms in total. The van der Waals surface area contributed by atoms with Crippen molar-refractivity contribution in [1.29, 1.82) is 0 Å². The third kappa shape index (κ3) is 5.38. The van der Waals surface area contributed by atoms with Gasteiger partial charge >= 0.3 is 18.3 Å². The Hall–Kier alpha value is -4.62. The van der Waals surface area contributed by atoms with E-state index in [2.05, 4.69) is 14.8 Å². The molecule has 0 radical (unpaired) electrons. The molecule has 0 atom stereocenters. The Kier molecular flexibility index (Phi) is 6.74. The highest BCUT2D eigenvalue weighted by molar-refractivity contribution is 5.81. The van der Waals surface area contributed by atoms with Crippen molar-refractivity contribution in [1.82, 2.24) is 19.3 Å². The number of fused-ring (bicyclic) bond motifs is 1. The predicted octanol–water partition coefficient (Wildman–Crippen LogP) is 4.61. The summed E-state index contributed by atoms with van der Waals surface area (Å²) in [5.41, 5.74) is -1.14. The van der Waals surface area contributed by atoms with Crippen LogP contribution in [-0.4, -0.2) is 38.5 Å². The number of hydrogen-bond donors (Lipinski definition) is 0. The molecule has 0 bridgehead atoms. The first-order valence-electron chi connectivity index (χ1n) is 10.6. The zero-order valence-corrected chi connectivity index (χ0v) is 19.5. The third-order valence-electron chi connectivity index (χ3n) is 5.21. The molecule has 198 valence electrons. The summed E-state index contributed by atoms with van der Waals surface area (Å²) in [6.07, 6.45) is -4.61. The molecule has 0 unspecified atom stereocenters.